The highest BCUT2D eigenvalue weighted by Gasteiger charge is 2.18. The largest absolute Gasteiger partial charge is 0.457 e. The predicted octanol–water partition coefficient (Wildman–Crippen LogP) is 3.21. The van der Waals surface area contributed by atoms with E-state index in [-0.39, 0.29) is 12.1 Å². The van der Waals surface area contributed by atoms with Gasteiger partial charge in [-0.3, -0.25) is 4.79 Å². The molecule has 0 saturated carbocycles. The maximum Gasteiger partial charge on any atom is 0.306 e. The molecule has 1 saturated heterocycles. The maximum absolute atomic E-state index is 11.5. The summed E-state index contributed by atoms with van der Waals surface area (Å²) in [7, 11) is 0. The van der Waals surface area contributed by atoms with E-state index in [0.29, 0.717) is 26.4 Å². The Hall–Kier alpha value is -0.870. The van der Waals surface area contributed by atoms with Crippen molar-refractivity contribution < 1.29 is 19.0 Å². The number of allylic oxidation sites excluding steroid dienone is 1. The van der Waals surface area contributed by atoms with Crippen LogP contribution in [-0.2, 0) is 19.0 Å². The molecule has 0 spiro atoms. The first-order chi connectivity index (χ1) is 9.33. The molecule has 0 aromatic carbocycles. The van der Waals surface area contributed by atoms with E-state index in [0.717, 1.165) is 19.3 Å². The minimum absolute atomic E-state index is 0.134. The molecule has 0 aromatic heterocycles. The van der Waals surface area contributed by atoms with Gasteiger partial charge in [0, 0.05) is 6.42 Å². The van der Waals surface area contributed by atoms with Crippen LogP contribution in [0.25, 0.3) is 0 Å². The molecule has 0 aliphatic carbocycles. The topological polar surface area (TPSA) is 44.8 Å². The molecule has 1 aliphatic rings. The van der Waals surface area contributed by atoms with Crippen molar-refractivity contribution in [3.8, 4) is 0 Å². The van der Waals surface area contributed by atoms with Gasteiger partial charge in [-0.05, 0) is 19.3 Å². The van der Waals surface area contributed by atoms with Crippen molar-refractivity contribution in [3.05, 3.63) is 12.7 Å². The van der Waals surface area contributed by atoms with Crippen LogP contribution in [0.15, 0.2) is 12.7 Å². The van der Waals surface area contributed by atoms with E-state index >= 15 is 0 Å². The average molecular weight is 270 g/mol. The molecule has 0 amide bonds. The first kappa shape index (κ1) is 16.2. The molecule has 110 valence electrons. The van der Waals surface area contributed by atoms with Gasteiger partial charge in [0.15, 0.2) is 0 Å². The molecule has 0 atom stereocenters. The van der Waals surface area contributed by atoms with Crippen LogP contribution in [-0.4, -0.2) is 32.1 Å². The van der Waals surface area contributed by atoms with Gasteiger partial charge in [0.05, 0.1) is 13.2 Å². The van der Waals surface area contributed by atoms with E-state index in [1.54, 1.807) is 0 Å². The Morgan fingerprint density at radius 1 is 1.11 bits per heavy atom. The van der Waals surface area contributed by atoms with Crippen LogP contribution in [0.4, 0.5) is 0 Å². The summed E-state index contributed by atoms with van der Waals surface area (Å²) < 4.78 is 15.4. The molecule has 1 rings (SSSR count). The Morgan fingerprint density at radius 2 is 1.74 bits per heavy atom. The molecule has 0 bridgehead atoms. The zero-order valence-electron chi connectivity index (χ0n) is 11.8. The van der Waals surface area contributed by atoms with Gasteiger partial charge < -0.3 is 14.2 Å². The SMILES string of the molecule is C=CCCCCCCCCC(=O)OC1COCOC1. The van der Waals surface area contributed by atoms with Crippen LogP contribution < -0.4 is 0 Å². The van der Waals surface area contributed by atoms with Crippen molar-refractivity contribution in [2.75, 3.05) is 20.0 Å². The van der Waals surface area contributed by atoms with E-state index in [1.807, 2.05) is 6.08 Å². The maximum atomic E-state index is 11.5. The second-order valence-corrected chi connectivity index (χ2v) is 4.92. The minimum Gasteiger partial charge on any atom is -0.457 e. The van der Waals surface area contributed by atoms with Crippen LogP contribution in [0, 0.1) is 0 Å². The number of esters is 1. The molecule has 1 heterocycles. The summed E-state index contributed by atoms with van der Waals surface area (Å²) in [4.78, 5) is 11.5. The lowest BCUT2D eigenvalue weighted by Gasteiger charge is -2.22. The van der Waals surface area contributed by atoms with Gasteiger partial charge in [-0.1, -0.05) is 31.8 Å². The van der Waals surface area contributed by atoms with Gasteiger partial charge in [0.25, 0.3) is 0 Å². The van der Waals surface area contributed by atoms with Crippen molar-refractivity contribution in [1.82, 2.24) is 0 Å². The van der Waals surface area contributed by atoms with Gasteiger partial charge in [-0.2, -0.15) is 0 Å². The molecule has 0 unspecified atom stereocenters. The Kier molecular flexibility index (Phi) is 9.37. The Bertz CT molecular complexity index is 247. The lowest BCUT2D eigenvalue weighted by atomic mass is 10.1. The third-order valence-electron chi connectivity index (χ3n) is 3.11. The van der Waals surface area contributed by atoms with E-state index in [9.17, 15) is 4.79 Å². The molecule has 1 fully saturated rings. The van der Waals surface area contributed by atoms with Gasteiger partial charge in [0.2, 0.25) is 0 Å². The van der Waals surface area contributed by atoms with E-state index < -0.39 is 0 Å². The number of hydrogen-bond donors (Lipinski definition) is 0. The van der Waals surface area contributed by atoms with Crippen molar-refractivity contribution in [1.29, 1.82) is 0 Å². The van der Waals surface area contributed by atoms with E-state index in [2.05, 4.69) is 6.58 Å². The summed E-state index contributed by atoms with van der Waals surface area (Å²) in [5.74, 6) is -0.134. The molecule has 4 nitrogen and oxygen atoms in total. The number of carbonyl (C=O) groups is 1. The third-order valence-corrected chi connectivity index (χ3v) is 3.11. The van der Waals surface area contributed by atoms with Gasteiger partial charge in [0.1, 0.15) is 12.9 Å². The first-order valence-corrected chi connectivity index (χ1v) is 7.29. The smallest absolute Gasteiger partial charge is 0.306 e. The quantitative estimate of drug-likeness (QED) is 0.347. The number of unbranched alkanes of at least 4 members (excludes halogenated alkanes) is 6. The number of carbonyl (C=O) groups excluding carboxylic acids is 1. The molecule has 1 aliphatic heterocycles. The Morgan fingerprint density at radius 3 is 2.42 bits per heavy atom. The predicted molar refractivity (Wildman–Crippen MR) is 73.8 cm³/mol. The van der Waals surface area contributed by atoms with Crippen molar-refractivity contribution in [2.45, 2.75) is 57.5 Å². The average Bonchev–Trinajstić information content (AvgIpc) is 2.43. The summed E-state index contributed by atoms with van der Waals surface area (Å²) in [5.41, 5.74) is 0. The van der Waals surface area contributed by atoms with Crippen molar-refractivity contribution in [3.63, 3.8) is 0 Å². The zero-order chi connectivity index (χ0) is 13.8. The highest BCUT2D eigenvalue weighted by Crippen LogP contribution is 2.10. The lowest BCUT2D eigenvalue weighted by Crippen LogP contribution is -2.33. The van der Waals surface area contributed by atoms with Gasteiger partial charge in [-0.15, -0.1) is 6.58 Å². The van der Waals surface area contributed by atoms with E-state index in [1.165, 1.54) is 25.7 Å². The second-order valence-electron chi connectivity index (χ2n) is 4.92. The summed E-state index contributed by atoms with van der Waals surface area (Å²) in [6.45, 7) is 4.92. The Balaban J connectivity index is 1.88. The van der Waals surface area contributed by atoms with Gasteiger partial charge >= 0.3 is 5.97 Å². The molecule has 4 heteroatoms. The fraction of sp³-hybridized carbons (Fsp3) is 0.800. The molecular weight excluding hydrogens is 244 g/mol. The zero-order valence-corrected chi connectivity index (χ0v) is 11.8. The van der Waals surface area contributed by atoms with Crippen LogP contribution in [0.3, 0.4) is 0 Å². The molecule has 0 N–H and O–H groups in total. The summed E-state index contributed by atoms with van der Waals surface area (Å²) >= 11 is 0. The third kappa shape index (κ3) is 8.78. The van der Waals surface area contributed by atoms with Gasteiger partial charge in [-0.25, -0.2) is 0 Å². The number of hydrogen-bond acceptors (Lipinski definition) is 4. The standard InChI is InChI=1S/C15H26O4/c1-2-3-4-5-6-7-8-9-10-15(16)19-14-11-17-13-18-12-14/h2,14H,1,3-13H2. The normalized spacial score (nSPS) is 16.2. The monoisotopic (exact) mass is 270 g/mol. The first-order valence-electron chi connectivity index (χ1n) is 7.29. The van der Waals surface area contributed by atoms with E-state index in [4.69, 9.17) is 14.2 Å². The molecule has 19 heavy (non-hydrogen) atoms. The summed E-state index contributed by atoms with van der Waals surface area (Å²) in [5, 5.41) is 0. The summed E-state index contributed by atoms with van der Waals surface area (Å²) in [6.07, 6.45) is 10.3. The number of ether oxygens (including phenoxy) is 3. The highest BCUT2D eigenvalue weighted by atomic mass is 16.7. The Labute approximate surface area is 116 Å². The van der Waals surface area contributed by atoms with Crippen LogP contribution in [0.5, 0.6) is 0 Å². The molecular formula is C15H26O4. The summed E-state index contributed by atoms with van der Waals surface area (Å²) in [6, 6.07) is 0. The second kappa shape index (κ2) is 11.0. The van der Waals surface area contributed by atoms with Crippen LogP contribution in [0.1, 0.15) is 51.4 Å². The fourth-order valence-corrected chi connectivity index (χ4v) is 2.04. The highest BCUT2D eigenvalue weighted by molar-refractivity contribution is 5.69. The van der Waals surface area contributed by atoms with Crippen molar-refractivity contribution >= 4 is 5.97 Å². The molecule has 0 radical (unpaired) electrons. The van der Waals surface area contributed by atoms with Crippen LogP contribution in [0.2, 0.25) is 0 Å². The van der Waals surface area contributed by atoms with Crippen LogP contribution >= 0.6 is 0 Å². The number of rotatable bonds is 10. The molecule has 0 aromatic rings. The lowest BCUT2D eigenvalue weighted by molar-refractivity contribution is -0.183. The minimum atomic E-state index is -0.222. The van der Waals surface area contributed by atoms with Crippen molar-refractivity contribution in [2.24, 2.45) is 0 Å². The fourth-order valence-electron chi connectivity index (χ4n) is 2.04.